The van der Waals surface area contributed by atoms with E-state index < -0.39 is 26.4 Å². The molecule has 2 rings (SSSR count). The van der Waals surface area contributed by atoms with Crippen LogP contribution >= 0.6 is 0 Å². The molecule has 0 atom stereocenters. The predicted molar refractivity (Wildman–Crippen MR) is 95.4 cm³/mol. The molecule has 0 radical (unpaired) electrons. The van der Waals surface area contributed by atoms with Gasteiger partial charge in [-0.3, -0.25) is 4.79 Å². The zero-order valence-corrected chi connectivity index (χ0v) is 17.0. The molecule has 2 heterocycles. The van der Waals surface area contributed by atoms with Crippen LogP contribution in [-0.4, -0.2) is 54.0 Å². The van der Waals surface area contributed by atoms with Gasteiger partial charge in [-0.1, -0.05) is 24.9 Å². The Balaban J connectivity index is 2.43. The van der Waals surface area contributed by atoms with Gasteiger partial charge in [0.1, 0.15) is 14.6 Å². The van der Waals surface area contributed by atoms with Crippen LogP contribution in [0.4, 0.5) is 0 Å². The fourth-order valence-corrected chi connectivity index (χ4v) is 3.85. The molecule has 1 aromatic rings. The maximum absolute atomic E-state index is 11.9. The number of nitrogens with zero attached hydrogens (tertiary/aromatic N) is 3. The van der Waals surface area contributed by atoms with Crippen molar-refractivity contribution < 1.29 is 18.8 Å². The predicted octanol–water partition coefficient (Wildman–Crippen LogP) is 0.686. The smallest absolute Gasteiger partial charge is 0.465 e. The number of ether oxygens (including phenoxy) is 1. The van der Waals surface area contributed by atoms with E-state index in [1.165, 1.54) is 0 Å². The van der Waals surface area contributed by atoms with Gasteiger partial charge in [-0.25, -0.2) is 4.68 Å². The molecule has 0 spiro atoms. The minimum Gasteiger partial charge on any atom is -0.465 e. The zero-order chi connectivity index (χ0) is 18.3. The summed E-state index contributed by atoms with van der Waals surface area (Å²) in [6, 6.07) is 0. The summed E-state index contributed by atoms with van der Waals surface area (Å²) in [5.74, 6) is -0.345. The van der Waals surface area contributed by atoms with Crippen LogP contribution in [0.25, 0.3) is 0 Å². The van der Waals surface area contributed by atoms with Crippen molar-refractivity contribution in [3.63, 3.8) is 0 Å². The first-order chi connectivity index (χ1) is 10.9. The van der Waals surface area contributed by atoms with E-state index in [0.29, 0.717) is 6.61 Å². The van der Waals surface area contributed by atoms with Gasteiger partial charge in [0, 0.05) is 0 Å². The number of carbonyl (C=O) groups is 1. The van der Waals surface area contributed by atoms with Crippen molar-refractivity contribution >= 4 is 32.1 Å². The number of aromatic nitrogens is 3. The van der Waals surface area contributed by atoms with Gasteiger partial charge in [-0.05, 0) is 34.6 Å². The Hall–Kier alpha value is -1.19. The molecular formula is C15H28BN3O4Si. The Morgan fingerprint density at radius 3 is 2.21 bits per heavy atom. The molecule has 1 saturated heterocycles. The van der Waals surface area contributed by atoms with Crippen molar-refractivity contribution in [2.24, 2.45) is 0 Å². The van der Waals surface area contributed by atoms with Gasteiger partial charge in [0.25, 0.3) is 0 Å². The van der Waals surface area contributed by atoms with Gasteiger partial charge in [-0.15, -0.1) is 5.10 Å². The summed E-state index contributed by atoms with van der Waals surface area (Å²) in [7, 11) is -2.39. The van der Waals surface area contributed by atoms with Crippen LogP contribution < -0.4 is 10.9 Å². The van der Waals surface area contributed by atoms with Crippen molar-refractivity contribution in [3.8, 4) is 0 Å². The normalized spacial score (nSPS) is 19.6. The average molecular weight is 353 g/mol. The second-order valence-corrected chi connectivity index (χ2v) is 13.1. The summed E-state index contributed by atoms with van der Waals surface area (Å²) in [6.07, 6.45) is 0. The highest BCUT2D eigenvalue weighted by Crippen LogP contribution is 2.36. The maximum Gasteiger partial charge on any atom is 0.515 e. The van der Waals surface area contributed by atoms with Crippen LogP contribution in [0.15, 0.2) is 0 Å². The monoisotopic (exact) mass is 353 g/mol. The fourth-order valence-electron chi connectivity index (χ4n) is 2.49. The Bertz CT molecular complexity index is 609. The van der Waals surface area contributed by atoms with Crippen molar-refractivity contribution in [1.82, 2.24) is 15.0 Å². The number of hydrogen-bond acceptors (Lipinski definition) is 6. The molecule has 0 bridgehead atoms. The van der Waals surface area contributed by atoms with Crippen molar-refractivity contribution in [2.75, 3.05) is 6.61 Å². The molecule has 0 saturated carbocycles. The van der Waals surface area contributed by atoms with Crippen molar-refractivity contribution in [2.45, 2.75) is 72.0 Å². The maximum atomic E-state index is 11.9. The van der Waals surface area contributed by atoms with E-state index in [9.17, 15) is 4.79 Å². The lowest BCUT2D eigenvalue weighted by Crippen LogP contribution is -2.56. The van der Waals surface area contributed by atoms with Crippen LogP contribution in [0.5, 0.6) is 0 Å². The first-order valence-corrected chi connectivity index (χ1v) is 11.8. The topological polar surface area (TPSA) is 75.5 Å². The van der Waals surface area contributed by atoms with Crippen LogP contribution in [0.1, 0.15) is 34.6 Å². The summed E-state index contributed by atoms with van der Waals surface area (Å²) < 4.78 is 19.0. The molecule has 0 unspecified atom stereocenters. The van der Waals surface area contributed by atoms with E-state index >= 15 is 0 Å². The molecule has 1 aromatic heterocycles. The fraction of sp³-hybridized carbons (Fsp3) is 0.800. The summed E-state index contributed by atoms with van der Waals surface area (Å²) in [5, 5.41) is 9.43. The minimum atomic E-state index is -1.79. The molecule has 0 aromatic carbocycles. The molecule has 1 fully saturated rings. The number of carbonyl (C=O) groups excluding carboxylic acids is 1. The average Bonchev–Trinajstić information content (AvgIpc) is 2.88. The third-order valence-electron chi connectivity index (χ3n) is 4.54. The van der Waals surface area contributed by atoms with Crippen LogP contribution in [-0.2, 0) is 25.4 Å². The first-order valence-electron chi connectivity index (χ1n) is 8.34. The van der Waals surface area contributed by atoms with E-state index in [-0.39, 0.29) is 12.5 Å². The van der Waals surface area contributed by atoms with Crippen LogP contribution in [0, 0.1) is 0 Å². The quantitative estimate of drug-likeness (QED) is 0.573. The SMILES string of the molecule is CCOC(=O)Cn1nnc([Si](C)(C)C)c1B1OC(C)(C)C(C)(C)O1. The highest BCUT2D eigenvalue weighted by molar-refractivity contribution is 6.91. The minimum absolute atomic E-state index is 0.00469. The van der Waals surface area contributed by atoms with E-state index in [1.807, 2.05) is 27.7 Å². The molecule has 0 aliphatic carbocycles. The molecular weight excluding hydrogens is 325 g/mol. The summed E-state index contributed by atoms with van der Waals surface area (Å²) in [6.45, 7) is 16.7. The third kappa shape index (κ3) is 3.57. The molecule has 1 aliphatic heterocycles. The second kappa shape index (κ2) is 6.27. The summed E-state index contributed by atoms with van der Waals surface area (Å²) in [4.78, 5) is 11.9. The van der Waals surface area contributed by atoms with Crippen LogP contribution in [0.3, 0.4) is 0 Å². The lowest BCUT2D eigenvalue weighted by molar-refractivity contribution is -0.144. The first kappa shape index (κ1) is 19.1. The molecule has 24 heavy (non-hydrogen) atoms. The zero-order valence-electron chi connectivity index (χ0n) is 16.0. The highest BCUT2D eigenvalue weighted by atomic mass is 28.3. The Morgan fingerprint density at radius 2 is 1.75 bits per heavy atom. The van der Waals surface area contributed by atoms with Gasteiger partial charge >= 0.3 is 13.1 Å². The van der Waals surface area contributed by atoms with E-state index in [1.54, 1.807) is 11.6 Å². The number of esters is 1. The van der Waals surface area contributed by atoms with Crippen molar-refractivity contribution in [1.29, 1.82) is 0 Å². The Morgan fingerprint density at radius 1 is 1.21 bits per heavy atom. The second-order valence-electron chi connectivity index (χ2n) is 8.12. The van der Waals surface area contributed by atoms with Crippen LogP contribution in [0.2, 0.25) is 19.6 Å². The summed E-state index contributed by atoms with van der Waals surface area (Å²) in [5.41, 5.74) is -0.193. The Labute approximate surface area is 145 Å². The van der Waals surface area contributed by atoms with E-state index in [0.717, 1.165) is 10.9 Å². The standard InChI is InChI=1S/C15H28BN3O4Si/c1-9-21-11(20)10-19-12(13(17-18-19)24(6,7)8)16-22-14(2,3)15(4,5)23-16/h9-10H2,1-8H3. The van der Waals surface area contributed by atoms with Gasteiger partial charge in [0.05, 0.1) is 28.7 Å². The lowest BCUT2D eigenvalue weighted by atomic mass is 9.85. The van der Waals surface area contributed by atoms with Gasteiger partial charge in [-0.2, -0.15) is 0 Å². The molecule has 134 valence electrons. The molecule has 0 amide bonds. The number of rotatable bonds is 5. The summed E-state index contributed by atoms with van der Waals surface area (Å²) >= 11 is 0. The Kier molecular flexibility index (Phi) is 5.00. The van der Waals surface area contributed by atoms with Gasteiger partial charge < -0.3 is 14.0 Å². The number of hydrogen-bond donors (Lipinski definition) is 0. The molecule has 0 N–H and O–H groups in total. The lowest BCUT2D eigenvalue weighted by Gasteiger charge is -2.32. The van der Waals surface area contributed by atoms with Crippen molar-refractivity contribution in [3.05, 3.63) is 0 Å². The van der Waals surface area contributed by atoms with E-state index in [4.69, 9.17) is 14.0 Å². The van der Waals surface area contributed by atoms with Gasteiger partial charge in [0.2, 0.25) is 0 Å². The molecule has 1 aliphatic rings. The largest absolute Gasteiger partial charge is 0.515 e. The molecule has 7 nitrogen and oxygen atoms in total. The van der Waals surface area contributed by atoms with Gasteiger partial charge in [0.15, 0.2) is 0 Å². The van der Waals surface area contributed by atoms with E-state index in [2.05, 4.69) is 30.0 Å². The molecule has 9 heteroatoms. The third-order valence-corrected chi connectivity index (χ3v) is 6.32. The highest BCUT2D eigenvalue weighted by Gasteiger charge is 2.54.